The van der Waals surface area contributed by atoms with E-state index in [0.717, 1.165) is 17.0 Å². The van der Waals surface area contributed by atoms with Gasteiger partial charge in [0.1, 0.15) is 5.75 Å². The Morgan fingerprint density at radius 2 is 2.04 bits per heavy atom. The third-order valence-corrected chi connectivity index (χ3v) is 4.18. The van der Waals surface area contributed by atoms with E-state index >= 15 is 0 Å². The van der Waals surface area contributed by atoms with Crippen molar-refractivity contribution in [2.24, 2.45) is 5.73 Å². The Kier molecular flexibility index (Phi) is 5.93. The van der Waals surface area contributed by atoms with E-state index in [1.807, 2.05) is 41.3 Å². The van der Waals surface area contributed by atoms with Crippen molar-refractivity contribution in [3.63, 3.8) is 0 Å². The van der Waals surface area contributed by atoms with Gasteiger partial charge < -0.3 is 19.9 Å². The number of benzene rings is 2. The molecule has 0 saturated heterocycles. The van der Waals surface area contributed by atoms with Crippen LogP contribution < -0.4 is 15.4 Å². The molecule has 8 heteroatoms. The first-order valence-corrected chi connectivity index (χ1v) is 8.69. The maximum atomic E-state index is 11.2. The van der Waals surface area contributed by atoms with Crippen LogP contribution in [0.25, 0.3) is 11.4 Å². The molecule has 0 saturated carbocycles. The average molecular weight is 387 g/mol. The first-order chi connectivity index (χ1) is 13.0. The number of nitrogens with zero attached hydrogens (tertiary/aromatic N) is 3. The van der Waals surface area contributed by atoms with Gasteiger partial charge in [-0.2, -0.15) is 4.98 Å². The van der Waals surface area contributed by atoms with Crippen LogP contribution in [-0.2, 0) is 11.3 Å². The highest BCUT2D eigenvalue weighted by Crippen LogP contribution is 2.23. The fourth-order valence-electron chi connectivity index (χ4n) is 2.56. The zero-order chi connectivity index (χ0) is 19.2. The monoisotopic (exact) mass is 386 g/mol. The molecule has 0 bridgehead atoms. The van der Waals surface area contributed by atoms with Crippen molar-refractivity contribution in [2.45, 2.75) is 13.0 Å². The number of amides is 1. The fraction of sp³-hybridized carbons (Fsp3) is 0.211. The summed E-state index contributed by atoms with van der Waals surface area (Å²) in [5.74, 6) is 1.25. The molecule has 140 valence electrons. The van der Waals surface area contributed by atoms with Crippen molar-refractivity contribution < 1.29 is 14.1 Å². The van der Waals surface area contributed by atoms with Crippen LogP contribution in [0.1, 0.15) is 12.3 Å². The van der Waals surface area contributed by atoms with Gasteiger partial charge >= 0.3 is 0 Å². The molecule has 1 aromatic heterocycles. The van der Waals surface area contributed by atoms with Crippen LogP contribution in [0.15, 0.2) is 53.1 Å². The molecular formula is C19H19ClN4O3. The summed E-state index contributed by atoms with van der Waals surface area (Å²) in [6.07, 6.45) is 0.210. The molecule has 7 nitrogen and oxygen atoms in total. The largest absolute Gasteiger partial charge is 0.497 e. The van der Waals surface area contributed by atoms with Crippen molar-refractivity contribution >= 4 is 23.2 Å². The number of hydrogen-bond acceptors (Lipinski definition) is 6. The number of aromatic nitrogens is 2. The number of carbonyl (C=O) groups is 1. The highest BCUT2D eigenvalue weighted by atomic mass is 35.5. The highest BCUT2D eigenvalue weighted by Gasteiger charge is 2.15. The number of primary amides is 1. The third kappa shape index (κ3) is 4.98. The lowest BCUT2D eigenvalue weighted by molar-refractivity contribution is -0.117. The SMILES string of the molecule is COc1ccc(N(CCC(N)=O)Cc2nc(-c3cccc(Cl)c3)no2)cc1. The zero-order valence-corrected chi connectivity index (χ0v) is 15.5. The van der Waals surface area contributed by atoms with Crippen molar-refractivity contribution in [2.75, 3.05) is 18.6 Å². The standard InChI is InChI=1S/C19H19ClN4O3/c1-26-16-7-5-15(6-8-16)24(10-9-17(21)25)12-18-22-19(23-27-18)13-3-2-4-14(20)11-13/h2-8,11H,9-10,12H2,1H3,(H2,21,25). The van der Waals surface area contributed by atoms with Crippen LogP contribution in [-0.4, -0.2) is 29.7 Å². The van der Waals surface area contributed by atoms with Crippen LogP contribution in [0.4, 0.5) is 5.69 Å². The van der Waals surface area contributed by atoms with Gasteiger partial charge in [-0.1, -0.05) is 28.9 Å². The van der Waals surface area contributed by atoms with Crippen molar-refractivity contribution in [3.05, 3.63) is 59.4 Å². The maximum Gasteiger partial charge on any atom is 0.246 e. The van der Waals surface area contributed by atoms with E-state index in [2.05, 4.69) is 10.1 Å². The first-order valence-electron chi connectivity index (χ1n) is 8.31. The van der Waals surface area contributed by atoms with Crippen molar-refractivity contribution in [3.8, 4) is 17.1 Å². The van der Waals surface area contributed by atoms with Crippen LogP contribution in [0.5, 0.6) is 5.75 Å². The first kappa shape index (κ1) is 18.7. The Hall–Kier alpha value is -3.06. The number of ether oxygens (including phenoxy) is 1. The summed E-state index contributed by atoms with van der Waals surface area (Å²) in [4.78, 5) is 17.6. The Balaban J connectivity index is 1.80. The van der Waals surface area contributed by atoms with E-state index in [1.54, 1.807) is 19.2 Å². The van der Waals surface area contributed by atoms with Gasteiger partial charge in [0, 0.05) is 29.2 Å². The molecular weight excluding hydrogens is 368 g/mol. The predicted octanol–water partition coefficient (Wildman–Crippen LogP) is 3.28. The number of methoxy groups -OCH3 is 1. The maximum absolute atomic E-state index is 11.2. The second kappa shape index (κ2) is 8.55. The molecule has 1 heterocycles. The van der Waals surface area contributed by atoms with E-state index in [0.29, 0.717) is 29.8 Å². The average Bonchev–Trinajstić information content (AvgIpc) is 3.14. The molecule has 0 aliphatic rings. The minimum absolute atomic E-state index is 0.210. The normalized spacial score (nSPS) is 10.6. The summed E-state index contributed by atoms with van der Waals surface area (Å²) in [6, 6.07) is 14.7. The second-order valence-electron chi connectivity index (χ2n) is 5.86. The van der Waals surface area contributed by atoms with E-state index in [9.17, 15) is 4.79 Å². The number of carbonyl (C=O) groups excluding carboxylic acids is 1. The molecule has 27 heavy (non-hydrogen) atoms. The zero-order valence-electron chi connectivity index (χ0n) is 14.8. The van der Waals surface area contributed by atoms with Crippen molar-refractivity contribution in [1.29, 1.82) is 0 Å². The van der Waals surface area contributed by atoms with Crippen LogP contribution in [0.2, 0.25) is 5.02 Å². The lowest BCUT2D eigenvalue weighted by Crippen LogP contribution is -2.27. The number of hydrogen-bond donors (Lipinski definition) is 1. The van der Waals surface area contributed by atoms with Gasteiger partial charge in [0.2, 0.25) is 17.6 Å². The third-order valence-electron chi connectivity index (χ3n) is 3.94. The van der Waals surface area contributed by atoms with E-state index in [-0.39, 0.29) is 12.3 Å². The smallest absolute Gasteiger partial charge is 0.246 e. The van der Waals surface area contributed by atoms with Crippen LogP contribution >= 0.6 is 11.6 Å². The van der Waals surface area contributed by atoms with E-state index in [4.69, 9.17) is 26.6 Å². The van der Waals surface area contributed by atoms with Gasteiger partial charge in [0.15, 0.2) is 0 Å². The minimum Gasteiger partial charge on any atom is -0.497 e. The summed E-state index contributed by atoms with van der Waals surface area (Å²) in [7, 11) is 1.61. The lowest BCUT2D eigenvalue weighted by atomic mass is 10.2. The van der Waals surface area contributed by atoms with Gasteiger partial charge in [-0.15, -0.1) is 0 Å². The Morgan fingerprint density at radius 3 is 2.70 bits per heavy atom. The summed E-state index contributed by atoms with van der Waals surface area (Å²) >= 11 is 6.01. The number of halogens is 1. The molecule has 0 unspecified atom stereocenters. The Bertz CT molecular complexity index is 911. The molecule has 0 fully saturated rings. The Labute approximate surface area is 161 Å². The molecule has 2 aromatic carbocycles. The lowest BCUT2D eigenvalue weighted by Gasteiger charge is -2.22. The molecule has 3 aromatic rings. The summed E-state index contributed by atoms with van der Waals surface area (Å²) in [6.45, 7) is 0.768. The number of rotatable bonds is 8. The molecule has 2 N–H and O–H groups in total. The van der Waals surface area contributed by atoms with Gasteiger partial charge in [-0.25, -0.2) is 0 Å². The van der Waals surface area contributed by atoms with Gasteiger partial charge in [-0.3, -0.25) is 4.79 Å². The minimum atomic E-state index is -0.376. The Morgan fingerprint density at radius 1 is 1.26 bits per heavy atom. The van der Waals surface area contributed by atoms with E-state index in [1.165, 1.54) is 0 Å². The summed E-state index contributed by atoms with van der Waals surface area (Å²) in [5, 5.41) is 4.61. The molecule has 0 aliphatic heterocycles. The molecule has 0 radical (unpaired) electrons. The molecule has 1 amide bonds. The second-order valence-corrected chi connectivity index (χ2v) is 6.29. The topological polar surface area (TPSA) is 94.5 Å². The molecule has 0 atom stereocenters. The predicted molar refractivity (Wildman–Crippen MR) is 103 cm³/mol. The van der Waals surface area contributed by atoms with Crippen molar-refractivity contribution in [1.82, 2.24) is 10.1 Å². The van der Waals surface area contributed by atoms with E-state index < -0.39 is 0 Å². The van der Waals surface area contributed by atoms with Crippen LogP contribution in [0.3, 0.4) is 0 Å². The quantitative estimate of drug-likeness (QED) is 0.638. The number of nitrogens with two attached hydrogens (primary N) is 1. The summed E-state index contributed by atoms with van der Waals surface area (Å²) < 4.78 is 10.6. The number of anilines is 1. The van der Waals surface area contributed by atoms with Gasteiger partial charge in [0.05, 0.1) is 13.7 Å². The molecule has 3 rings (SSSR count). The fourth-order valence-corrected chi connectivity index (χ4v) is 2.76. The molecule has 0 spiro atoms. The van der Waals surface area contributed by atoms with Crippen LogP contribution in [0, 0.1) is 0 Å². The summed E-state index contributed by atoms with van der Waals surface area (Å²) in [5.41, 5.74) is 6.96. The highest BCUT2D eigenvalue weighted by molar-refractivity contribution is 6.30. The van der Waals surface area contributed by atoms with Gasteiger partial charge in [-0.05, 0) is 36.4 Å². The molecule has 0 aliphatic carbocycles. The van der Waals surface area contributed by atoms with Gasteiger partial charge in [0.25, 0.3) is 0 Å².